The van der Waals surface area contributed by atoms with Gasteiger partial charge in [-0.25, -0.2) is 0 Å². The molecule has 0 amide bonds. The molecule has 0 aromatic carbocycles. The molecule has 0 aromatic rings. The normalized spacial score (nSPS) is 50.2. The van der Waals surface area contributed by atoms with Crippen molar-refractivity contribution in [3.63, 3.8) is 0 Å². The first-order valence-electron chi connectivity index (χ1n) is 24.3. The number of carbonyl (C=O) groups excluding carboxylic acids is 4. The summed E-state index contributed by atoms with van der Waals surface area (Å²) in [6.07, 6.45) is 6.09. The van der Waals surface area contributed by atoms with E-state index in [0.717, 1.165) is 32.1 Å². The second-order valence-corrected chi connectivity index (χ2v) is 25.9. The van der Waals surface area contributed by atoms with Gasteiger partial charge in [-0.1, -0.05) is 18.1 Å². The Hall–Kier alpha value is -2.65. The number of rotatable bonds is 11. The molecule has 9 heterocycles. The Morgan fingerprint density at radius 1 is 0.703 bits per heavy atom. The Kier molecular flexibility index (Phi) is 9.22. The van der Waals surface area contributed by atoms with E-state index in [0.29, 0.717) is 54.8 Å². The number of cyclic esters (lactones) is 2. The molecule has 344 valence electrons. The minimum Gasteiger partial charge on any atom is -0.481 e. The molecule has 64 heavy (non-hydrogen) atoms. The highest BCUT2D eigenvalue weighted by Gasteiger charge is 2.71. The van der Waals surface area contributed by atoms with E-state index in [2.05, 4.69) is 6.92 Å². The number of aliphatic hydroxyl groups excluding tert-OH is 1. The van der Waals surface area contributed by atoms with Gasteiger partial charge in [0.05, 0.1) is 60.6 Å². The molecule has 0 aromatic heterocycles. The molecule has 2 N–H and O–H groups in total. The molecule has 23 atom stereocenters. The number of aliphatic hydroxyl groups is 1. The zero-order chi connectivity index (χ0) is 44.2. The third-order valence-corrected chi connectivity index (χ3v) is 23.1. The van der Waals surface area contributed by atoms with Crippen LogP contribution in [0, 0.1) is 88.8 Å². The van der Waals surface area contributed by atoms with E-state index >= 15 is 0 Å². The van der Waals surface area contributed by atoms with Crippen molar-refractivity contribution in [2.75, 3.05) is 13.2 Å². The van der Waals surface area contributed by atoms with Gasteiger partial charge in [-0.3, -0.25) is 24.0 Å². The van der Waals surface area contributed by atoms with Crippen molar-refractivity contribution in [3.05, 3.63) is 33.4 Å². The van der Waals surface area contributed by atoms with Crippen molar-refractivity contribution in [2.45, 2.75) is 137 Å². The highest BCUT2D eigenvalue weighted by atomic mass is 32.2. The molecule has 13 aliphatic rings. The molecule has 13 rings (SSSR count). The van der Waals surface area contributed by atoms with Gasteiger partial charge in [-0.15, -0.1) is 11.8 Å². The van der Waals surface area contributed by atoms with Gasteiger partial charge < -0.3 is 33.9 Å². The van der Waals surface area contributed by atoms with E-state index in [1.54, 1.807) is 6.92 Å². The zero-order valence-corrected chi connectivity index (χ0v) is 38.8. The third kappa shape index (κ3) is 5.58. The van der Waals surface area contributed by atoms with Crippen LogP contribution in [0.4, 0.5) is 0 Å². The fourth-order valence-corrected chi connectivity index (χ4v) is 22.0. The molecule has 0 spiro atoms. The first-order valence-corrected chi connectivity index (χ1v) is 26.2. The van der Waals surface area contributed by atoms with Gasteiger partial charge in [-0.2, -0.15) is 11.8 Å². The Bertz CT molecular complexity index is 2260. The quantitative estimate of drug-likeness (QED) is 0.108. The van der Waals surface area contributed by atoms with Crippen LogP contribution in [-0.2, 0) is 47.7 Å². The lowest BCUT2D eigenvalue weighted by Crippen LogP contribution is -2.44. The summed E-state index contributed by atoms with van der Waals surface area (Å²) in [5.41, 5.74) is 7.42. The largest absolute Gasteiger partial charge is 0.481 e. The summed E-state index contributed by atoms with van der Waals surface area (Å²) < 4.78 is 31.1. The number of carboxylic acids is 1. The monoisotopic (exact) mass is 916 g/mol. The van der Waals surface area contributed by atoms with E-state index < -0.39 is 35.3 Å². The second-order valence-electron chi connectivity index (χ2n) is 23.1. The van der Waals surface area contributed by atoms with Crippen molar-refractivity contribution in [2.24, 2.45) is 88.8 Å². The summed E-state index contributed by atoms with van der Waals surface area (Å²) in [4.78, 5) is 65.7. The van der Waals surface area contributed by atoms with Gasteiger partial charge in [0, 0.05) is 21.0 Å². The summed E-state index contributed by atoms with van der Waals surface area (Å²) in [6.45, 7) is 9.71. The molecule has 6 saturated heterocycles. The third-order valence-electron chi connectivity index (χ3n) is 19.5. The summed E-state index contributed by atoms with van der Waals surface area (Å²) in [7, 11) is 0. The number of esters is 4. The van der Waals surface area contributed by atoms with Crippen LogP contribution < -0.4 is 0 Å². The Balaban J connectivity index is 0.877. The standard InChI is InChI=1S/C50H60O12S2/c1-16-20(39-34-23-8-18(32(34)38(16)59-39)11-29(23)49(57)62-50(3,4)5)12-24-25(41-35-22-9-19(33(35)40(24)60-41)10-28(22)47(55)58-7-6-51)14-27-26(13-21-17(2)46(54)61-48(21)56)43-37-36(42(27)64-43)31-15-30(45(52)53)44(37)63-31/h17-19,21-23,28-44,51H,6-15H2,1-5H3,(H,52,53). The van der Waals surface area contributed by atoms with Crippen LogP contribution in [-0.4, -0.2) is 104 Å². The lowest BCUT2D eigenvalue weighted by atomic mass is 9.61. The Morgan fingerprint density at radius 3 is 1.95 bits per heavy atom. The van der Waals surface area contributed by atoms with Crippen LogP contribution >= 0.6 is 23.5 Å². The molecule has 9 aliphatic heterocycles. The van der Waals surface area contributed by atoms with Crippen LogP contribution in [0.3, 0.4) is 0 Å². The highest BCUT2D eigenvalue weighted by Crippen LogP contribution is 2.73. The molecule has 23 unspecified atom stereocenters. The lowest BCUT2D eigenvalue weighted by molar-refractivity contribution is -0.163. The van der Waals surface area contributed by atoms with E-state index in [-0.39, 0.29) is 112 Å². The maximum absolute atomic E-state index is 13.6. The van der Waals surface area contributed by atoms with Gasteiger partial charge in [0.15, 0.2) is 0 Å². The molecule has 12 bridgehead atoms. The van der Waals surface area contributed by atoms with Crippen molar-refractivity contribution in [1.82, 2.24) is 0 Å². The fourth-order valence-electron chi connectivity index (χ4n) is 17.4. The number of carbonyl (C=O) groups is 5. The molecule has 4 aliphatic carbocycles. The van der Waals surface area contributed by atoms with Crippen LogP contribution in [0.2, 0.25) is 0 Å². The summed E-state index contributed by atoms with van der Waals surface area (Å²) >= 11 is 3.85. The van der Waals surface area contributed by atoms with E-state index in [9.17, 15) is 34.2 Å². The van der Waals surface area contributed by atoms with Crippen LogP contribution in [0.1, 0.15) is 86.0 Å². The van der Waals surface area contributed by atoms with E-state index in [4.69, 9.17) is 23.7 Å². The number of ether oxygens (including phenoxy) is 5. The smallest absolute Gasteiger partial charge is 0.317 e. The predicted octanol–water partition coefficient (Wildman–Crippen LogP) is 5.94. The number of hydrogen-bond donors (Lipinski definition) is 2. The van der Waals surface area contributed by atoms with E-state index in [1.807, 2.05) is 44.3 Å². The lowest BCUT2D eigenvalue weighted by Gasteiger charge is -2.40. The molecule has 0 radical (unpaired) electrons. The minimum atomic E-state index is -0.713. The van der Waals surface area contributed by atoms with Gasteiger partial charge in [0.25, 0.3) is 0 Å². The zero-order valence-electron chi connectivity index (χ0n) is 37.1. The number of aliphatic carboxylic acids is 1. The maximum Gasteiger partial charge on any atom is 0.317 e. The molecule has 12 nitrogen and oxygen atoms in total. The van der Waals surface area contributed by atoms with Gasteiger partial charge in [0.2, 0.25) is 0 Å². The van der Waals surface area contributed by atoms with Crippen LogP contribution in [0.15, 0.2) is 33.4 Å². The van der Waals surface area contributed by atoms with Crippen molar-refractivity contribution in [3.8, 4) is 0 Å². The van der Waals surface area contributed by atoms with Crippen LogP contribution in [0.5, 0.6) is 0 Å². The second kappa shape index (κ2) is 14.2. The minimum absolute atomic E-state index is 0.00472. The predicted molar refractivity (Wildman–Crippen MR) is 232 cm³/mol. The average Bonchev–Trinajstić information content (AvgIpc) is 4.07. The van der Waals surface area contributed by atoms with Crippen molar-refractivity contribution in [1.29, 1.82) is 0 Å². The molecule has 10 fully saturated rings. The summed E-state index contributed by atoms with van der Waals surface area (Å²) in [5.74, 6) is -0.735. The molecular weight excluding hydrogens is 857 g/mol. The SMILES string of the molecule is CC1=C(CC2=C(CC3=C(CC4C(=O)OC(=O)C4C)C4SC3C3C5CC(C(=O)O)C(S5)C43)C3OC2C2C4CC(C(=O)OCCO)C(C4)C32)C2OC1C1C3CC(C(=O)OC(C)(C)C)C(C3)C21. The van der Waals surface area contributed by atoms with Gasteiger partial charge in [-0.05, 0) is 161 Å². The molecule has 14 heteroatoms. The number of carboxylic acid groups (broad SMARTS) is 1. The maximum atomic E-state index is 13.6. The first-order chi connectivity index (χ1) is 30.6. The van der Waals surface area contributed by atoms with Crippen molar-refractivity contribution < 1.29 is 57.9 Å². The Labute approximate surface area is 382 Å². The number of thioether (sulfide) groups is 2. The van der Waals surface area contributed by atoms with Gasteiger partial charge >= 0.3 is 29.8 Å². The average molecular weight is 917 g/mol. The van der Waals surface area contributed by atoms with E-state index in [1.165, 1.54) is 33.4 Å². The Morgan fingerprint density at radius 2 is 1.31 bits per heavy atom. The fraction of sp³-hybridized carbons (Fsp3) is 0.780. The highest BCUT2D eigenvalue weighted by molar-refractivity contribution is 8.03. The van der Waals surface area contributed by atoms with Gasteiger partial charge in [0.1, 0.15) is 12.2 Å². The summed E-state index contributed by atoms with van der Waals surface area (Å²) in [6, 6.07) is 0. The van der Waals surface area contributed by atoms with Crippen molar-refractivity contribution >= 4 is 53.4 Å². The molecular formula is C50H60O12S2. The van der Waals surface area contributed by atoms with Crippen LogP contribution in [0.25, 0.3) is 0 Å². The number of hydrogen-bond acceptors (Lipinski definition) is 13. The molecule has 4 saturated carbocycles. The first kappa shape index (κ1) is 41.5. The summed E-state index contributed by atoms with van der Waals surface area (Å²) in [5, 5.41) is 20.3. The number of fused-ring (bicyclic) bond motifs is 27. The topological polar surface area (TPSA) is 172 Å².